The second-order valence-corrected chi connectivity index (χ2v) is 7.98. The number of ether oxygens (including phenoxy) is 3. The van der Waals surface area contributed by atoms with Gasteiger partial charge in [-0.2, -0.15) is 0 Å². The Hall–Kier alpha value is -1.79. The molecule has 2 saturated heterocycles. The van der Waals surface area contributed by atoms with Crippen molar-refractivity contribution in [2.45, 2.75) is 51.4 Å². The Morgan fingerprint density at radius 2 is 1.81 bits per heavy atom. The van der Waals surface area contributed by atoms with E-state index >= 15 is 0 Å². The van der Waals surface area contributed by atoms with Crippen LogP contribution in [0.3, 0.4) is 0 Å². The zero-order valence-electron chi connectivity index (χ0n) is 16.4. The van der Waals surface area contributed by atoms with Gasteiger partial charge in [-0.1, -0.05) is 0 Å². The highest BCUT2D eigenvalue weighted by Gasteiger charge is 2.33. The van der Waals surface area contributed by atoms with Gasteiger partial charge in [0.15, 0.2) is 11.5 Å². The molecule has 0 N–H and O–H groups in total. The van der Waals surface area contributed by atoms with Crippen molar-refractivity contribution in [2.75, 3.05) is 39.4 Å². The highest BCUT2D eigenvalue weighted by molar-refractivity contribution is 5.95. The molecule has 0 bridgehead atoms. The molecule has 148 valence electrons. The number of hydrogen-bond acceptors (Lipinski definition) is 5. The van der Waals surface area contributed by atoms with Crippen LogP contribution in [-0.4, -0.2) is 73.3 Å². The van der Waals surface area contributed by atoms with E-state index in [-0.39, 0.29) is 24.2 Å². The number of hydrogen-bond donors (Lipinski definition) is 0. The first kappa shape index (κ1) is 18.6. The van der Waals surface area contributed by atoms with Crippen LogP contribution < -0.4 is 9.47 Å². The number of fused-ring (bicyclic) bond motifs is 1. The largest absolute Gasteiger partial charge is 0.490 e. The van der Waals surface area contributed by atoms with Crippen molar-refractivity contribution in [3.8, 4) is 11.5 Å². The lowest BCUT2D eigenvalue weighted by molar-refractivity contribution is -0.0715. The molecule has 27 heavy (non-hydrogen) atoms. The molecule has 0 spiro atoms. The first-order valence-corrected chi connectivity index (χ1v) is 10.2. The van der Waals surface area contributed by atoms with Crippen LogP contribution in [0.25, 0.3) is 0 Å². The molecule has 1 aromatic rings. The maximum Gasteiger partial charge on any atom is 0.254 e. The van der Waals surface area contributed by atoms with Gasteiger partial charge in [0.1, 0.15) is 0 Å². The topological polar surface area (TPSA) is 51.2 Å². The van der Waals surface area contributed by atoms with Gasteiger partial charge in [-0.25, -0.2) is 0 Å². The highest BCUT2D eigenvalue weighted by Crippen LogP contribution is 2.32. The van der Waals surface area contributed by atoms with E-state index < -0.39 is 0 Å². The summed E-state index contributed by atoms with van der Waals surface area (Å²) in [6.07, 6.45) is 3.50. The number of benzene rings is 1. The Morgan fingerprint density at radius 1 is 1.07 bits per heavy atom. The van der Waals surface area contributed by atoms with Gasteiger partial charge in [-0.05, 0) is 44.9 Å². The van der Waals surface area contributed by atoms with Gasteiger partial charge >= 0.3 is 0 Å². The minimum Gasteiger partial charge on any atom is -0.490 e. The molecule has 1 aromatic carbocycles. The van der Waals surface area contributed by atoms with E-state index in [4.69, 9.17) is 14.2 Å². The predicted molar refractivity (Wildman–Crippen MR) is 103 cm³/mol. The zero-order chi connectivity index (χ0) is 18.8. The first-order chi connectivity index (χ1) is 13.1. The van der Waals surface area contributed by atoms with Crippen molar-refractivity contribution in [1.82, 2.24) is 9.80 Å². The summed E-state index contributed by atoms with van der Waals surface area (Å²) in [5.41, 5.74) is 0.690. The Labute approximate surface area is 161 Å². The van der Waals surface area contributed by atoms with Gasteiger partial charge in [-0.3, -0.25) is 9.69 Å². The molecule has 1 amide bonds. The summed E-state index contributed by atoms with van der Waals surface area (Å²) >= 11 is 0. The van der Waals surface area contributed by atoms with Crippen LogP contribution in [0.15, 0.2) is 18.2 Å². The van der Waals surface area contributed by atoms with Gasteiger partial charge in [0, 0.05) is 44.2 Å². The monoisotopic (exact) mass is 374 g/mol. The minimum atomic E-state index is 0.0995. The number of morpholine rings is 1. The quantitative estimate of drug-likeness (QED) is 0.814. The Morgan fingerprint density at radius 3 is 2.59 bits per heavy atom. The van der Waals surface area contributed by atoms with Gasteiger partial charge in [-0.15, -0.1) is 0 Å². The Kier molecular flexibility index (Phi) is 5.55. The van der Waals surface area contributed by atoms with Crippen LogP contribution >= 0.6 is 0 Å². The van der Waals surface area contributed by atoms with Crippen molar-refractivity contribution in [3.63, 3.8) is 0 Å². The lowest BCUT2D eigenvalue weighted by Crippen LogP contribution is -2.50. The maximum absolute atomic E-state index is 13.2. The van der Waals surface area contributed by atoms with Crippen LogP contribution in [0, 0.1) is 0 Å². The van der Waals surface area contributed by atoms with E-state index in [1.54, 1.807) is 0 Å². The second kappa shape index (κ2) is 8.07. The lowest BCUT2D eigenvalue weighted by Gasteiger charge is -2.38. The van der Waals surface area contributed by atoms with Crippen LogP contribution in [0.1, 0.15) is 43.5 Å². The SMILES string of the molecule is C[C@@H]1CN(C[C@@H]2CCCN2C(=O)c2ccc3c(c2)OCCCO3)C[C@H](C)O1. The number of rotatable bonds is 3. The fourth-order valence-electron chi connectivity index (χ4n) is 4.49. The summed E-state index contributed by atoms with van der Waals surface area (Å²) in [7, 11) is 0. The van der Waals surface area contributed by atoms with Crippen LogP contribution in [0.2, 0.25) is 0 Å². The van der Waals surface area contributed by atoms with E-state index in [1.807, 2.05) is 23.1 Å². The minimum absolute atomic E-state index is 0.0995. The third-order valence-electron chi connectivity index (χ3n) is 5.60. The maximum atomic E-state index is 13.2. The van der Waals surface area contributed by atoms with Crippen LogP contribution in [0.5, 0.6) is 11.5 Å². The number of likely N-dealkylation sites (tertiary alicyclic amines) is 1. The van der Waals surface area contributed by atoms with Crippen molar-refractivity contribution in [2.24, 2.45) is 0 Å². The third kappa shape index (κ3) is 4.22. The average Bonchev–Trinajstić information content (AvgIpc) is 2.95. The summed E-state index contributed by atoms with van der Waals surface area (Å²) in [6, 6.07) is 5.84. The van der Waals surface area contributed by atoms with Crippen molar-refractivity contribution < 1.29 is 19.0 Å². The summed E-state index contributed by atoms with van der Waals surface area (Å²) in [6.45, 7) is 9.16. The van der Waals surface area contributed by atoms with Gasteiger partial charge < -0.3 is 19.1 Å². The van der Waals surface area contributed by atoms with Crippen LogP contribution in [-0.2, 0) is 4.74 Å². The van der Waals surface area contributed by atoms with E-state index in [2.05, 4.69) is 18.7 Å². The van der Waals surface area contributed by atoms with E-state index in [0.717, 1.165) is 51.2 Å². The molecule has 0 unspecified atom stereocenters. The average molecular weight is 374 g/mol. The van der Waals surface area contributed by atoms with Gasteiger partial charge in [0.2, 0.25) is 0 Å². The molecular weight excluding hydrogens is 344 g/mol. The van der Waals surface area contributed by atoms with Crippen LogP contribution in [0.4, 0.5) is 0 Å². The van der Waals surface area contributed by atoms with Crippen molar-refractivity contribution in [3.05, 3.63) is 23.8 Å². The molecule has 0 aromatic heterocycles. The van der Waals surface area contributed by atoms with Crippen molar-refractivity contribution in [1.29, 1.82) is 0 Å². The molecule has 6 heteroatoms. The number of carbonyl (C=O) groups is 1. The molecule has 2 fully saturated rings. The molecule has 0 saturated carbocycles. The molecule has 4 rings (SSSR count). The fraction of sp³-hybridized carbons (Fsp3) is 0.667. The summed E-state index contributed by atoms with van der Waals surface area (Å²) in [5.74, 6) is 1.52. The standard InChI is InChI=1S/C21H30N2O4/c1-15-12-22(13-16(2)27-15)14-18-5-3-8-23(18)21(24)17-6-7-19-20(11-17)26-10-4-9-25-19/h6-7,11,15-16,18H,3-5,8-10,12-14H2,1-2H3/t15-,16+,18-/m0/s1. The Balaban J connectivity index is 1.45. The van der Waals surface area contributed by atoms with Gasteiger partial charge in [0.25, 0.3) is 5.91 Å². The predicted octanol–water partition coefficient (Wildman–Crippen LogP) is 2.56. The summed E-state index contributed by atoms with van der Waals surface area (Å²) < 4.78 is 17.3. The molecule has 3 heterocycles. The summed E-state index contributed by atoms with van der Waals surface area (Å²) in [5, 5.41) is 0. The molecule has 3 aliphatic rings. The van der Waals surface area contributed by atoms with Gasteiger partial charge in [0.05, 0.1) is 25.4 Å². The number of amides is 1. The number of nitrogens with zero attached hydrogens (tertiary/aromatic N) is 2. The molecule has 3 aliphatic heterocycles. The third-order valence-corrected chi connectivity index (χ3v) is 5.60. The van der Waals surface area contributed by atoms with Crippen molar-refractivity contribution >= 4 is 5.91 Å². The molecule has 0 radical (unpaired) electrons. The smallest absolute Gasteiger partial charge is 0.254 e. The Bertz CT molecular complexity index is 670. The molecular formula is C21H30N2O4. The van der Waals surface area contributed by atoms with E-state index in [9.17, 15) is 4.79 Å². The fourth-order valence-corrected chi connectivity index (χ4v) is 4.49. The first-order valence-electron chi connectivity index (χ1n) is 10.2. The highest BCUT2D eigenvalue weighted by atomic mass is 16.5. The summed E-state index contributed by atoms with van der Waals surface area (Å²) in [4.78, 5) is 17.7. The molecule has 0 aliphatic carbocycles. The lowest BCUT2D eigenvalue weighted by atomic mass is 10.1. The van der Waals surface area contributed by atoms with E-state index in [1.165, 1.54) is 0 Å². The van der Waals surface area contributed by atoms with E-state index in [0.29, 0.717) is 24.5 Å². The normalized spacial score (nSPS) is 28.8. The second-order valence-electron chi connectivity index (χ2n) is 7.98. The zero-order valence-corrected chi connectivity index (χ0v) is 16.4. The molecule has 6 nitrogen and oxygen atoms in total. The number of carbonyl (C=O) groups excluding carboxylic acids is 1. The molecule has 3 atom stereocenters.